The zero-order chi connectivity index (χ0) is 60.4. The summed E-state index contributed by atoms with van der Waals surface area (Å²) in [5.74, 6) is 0.730. The highest BCUT2D eigenvalue weighted by Crippen LogP contribution is 2.45. The van der Waals surface area contributed by atoms with E-state index in [-0.39, 0.29) is 25.7 Å². The molecule has 0 bridgehead atoms. The summed E-state index contributed by atoms with van der Waals surface area (Å²) in [4.78, 5) is 72.1. The summed E-state index contributed by atoms with van der Waals surface area (Å²) in [6.45, 7) is 13.9. The number of rotatable bonds is 59. The van der Waals surface area contributed by atoms with E-state index >= 15 is 0 Å². The van der Waals surface area contributed by atoms with Gasteiger partial charge in [-0.1, -0.05) is 242 Å². The van der Waals surface area contributed by atoms with Crippen LogP contribution >= 0.6 is 15.6 Å². The van der Waals surface area contributed by atoms with Crippen molar-refractivity contribution in [1.82, 2.24) is 0 Å². The number of phosphoric acid groups is 2. The first-order valence-corrected chi connectivity index (χ1v) is 35.3. The van der Waals surface area contributed by atoms with Gasteiger partial charge in [-0.15, -0.1) is 0 Å². The number of hydrogen-bond acceptors (Lipinski definition) is 15. The van der Waals surface area contributed by atoms with Crippen LogP contribution in [0.3, 0.4) is 0 Å². The van der Waals surface area contributed by atoms with Crippen molar-refractivity contribution in [1.29, 1.82) is 0 Å². The molecular formula is C62H120O17P2. The lowest BCUT2D eigenvalue weighted by Gasteiger charge is -2.21. The van der Waals surface area contributed by atoms with Gasteiger partial charge in [0.2, 0.25) is 0 Å². The number of phosphoric ester groups is 2. The molecule has 0 aromatic rings. The molecule has 19 heteroatoms. The highest BCUT2D eigenvalue weighted by atomic mass is 31.2. The molecule has 3 N–H and O–H groups in total. The predicted octanol–water partition coefficient (Wildman–Crippen LogP) is 16.6. The lowest BCUT2D eigenvalue weighted by atomic mass is 10.00. The van der Waals surface area contributed by atoms with E-state index in [0.717, 1.165) is 120 Å². The minimum atomic E-state index is -4.94. The summed E-state index contributed by atoms with van der Waals surface area (Å²) in [5.41, 5.74) is 0. The molecule has 480 valence electrons. The second kappa shape index (κ2) is 52.4. The average molecular weight is 1200 g/mol. The van der Waals surface area contributed by atoms with E-state index in [9.17, 15) is 43.2 Å². The number of carbonyl (C=O) groups excluding carboxylic acids is 4. The minimum Gasteiger partial charge on any atom is -0.462 e. The number of aliphatic hydroxyl groups is 1. The molecule has 17 nitrogen and oxygen atoms in total. The van der Waals surface area contributed by atoms with Crippen LogP contribution in [-0.2, 0) is 65.4 Å². The van der Waals surface area contributed by atoms with E-state index in [0.29, 0.717) is 31.6 Å². The molecule has 0 rings (SSSR count). The second-order valence-corrected chi connectivity index (χ2v) is 26.8. The first-order chi connectivity index (χ1) is 38.7. The molecule has 0 heterocycles. The Morgan fingerprint density at radius 3 is 0.877 bits per heavy atom. The first-order valence-electron chi connectivity index (χ1n) is 32.3. The van der Waals surface area contributed by atoms with Crippen molar-refractivity contribution in [3.05, 3.63) is 0 Å². The summed E-state index contributed by atoms with van der Waals surface area (Å²) in [6.07, 6.45) is 30.9. The van der Waals surface area contributed by atoms with Crippen LogP contribution in [0.4, 0.5) is 0 Å². The van der Waals surface area contributed by atoms with Gasteiger partial charge in [0.25, 0.3) is 0 Å². The maximum Gasteiger partial charge on any atom is 0.472 e. The number of aliphatic hydroxyl groups excluding tert-OH is 1. The van der Waals surface area contributed by atoms with E-state index in [1.807, 2.05) is 0 Å². The molecule has 0 aliphatic heterocycles. The number of unbranched alkanes of at least 4 members (excludes halogenated alkanes) is 23. The Kier molecular flexibility index (Phi) is 51.1. The third-order valence-electron chi connectivity index (χ3n) is 14.8. The summed E-state index contributed by atoms with van der Waals surface area (Å²) >= 11 is 0. The van der Waals surface area contributed by atoms with Gasteiger partial charge in [-0.2, -0.15) is 0 Å². The van der Waals surface area contributed by atoms with Crippen molar-refractivity contribution in [2.75, 3.05) is 39.6 Å². The van der Waals surface area contributed by atoms with Crippen LogP contribution in [-0.4, -0.2) is 96.7 Å². The Bertz CT molecular complexity index is 1630. The fraction of sp³-hybridized carbons (Fsp3) is 0.935. The van der Waals surface area contributed by atoms with E-state index in [1.54, 1.807) is 0 Å². The summed E-state index contributed by atoms with van der Waals surface area (Å²) in [6, 6.07) is 0. The van der Waals surface area contributed by atoms with Gasteiger partial charge in [0.05, 0.1) is 26.4 Å². The van der Waals surface area contributed by atoms with Gasteiger partial charge in [0.15, 0.2) is 12.2 Å². The summed E-state index contributed by atoms with van der Waals surface area (Å²) in [7, 11) is -9.89. The van der Waals surface area contributed by atoms with Gasteiger partial charge < -0.3 is 33.8 Å². The Morgan fingerprint density at radius 1 is 0.346 bits per heavy atom. The fourth-order valence-corrected chi connectivity index (χ4v) is 10.6. The molecule has 0 saturated heterocycles. The molecule has 4 unspecified atom stereocenters. The first kappa shape index (κ1) is 79.1. The molecule has 0 fully saturated rings. The van der Waals surface area contributed by atoms with Crippen molar-refractivity contribution in [3.63, 3.8) is 0 Å². The Morgan fingerprint density at radius 2 is 0.593 bits per heavy atom. The third kappa shape index (κ3) is 54.5. The molecule has 0 amide bonds. The van der Waals surface area contributed by atoms with Crippen LogP contribution < -0.4 is 0 Å². The van der Waals surface area contributed by atoms with Crippen molar-refractivity contribution in [2.45, 2.75) is 311 Å². The quantitative estimate of drug-likeness (QED) is 0.0222. The predicted molar refractivity (Wildman–Crippen MR) is 321 cm³/mol. The topological polar surface area (TPSA) is 237 Å². The van der Waals surface area contributed by atoms with E-state index in [1.165, 1.54) is 83.5 Å². The third-order valence-corrected chi connectivity index (χ3v) is 16.7. The normalized spacial score (nSPS) is 15.2. The van der Waals surface area contributed by atoms with Gasteiger partial charge in [-0.3, -0.25) is 37.3 Å². The summed E-state index contributed by atoms with van der Waals surface area (Å²) < 4.78 is 67.9. The second-order valence-electron chi connectivity index (χ2n) is 23.9. The largest absolute Gasteiger partial charge is 0.472 e. The zero-order valence-electron chi connectivity index (χ0n) is 52.4. The molecule has 81 heavy (non-hydrogen) atoms. The molecule has 0 aromatic carbocycles. The van der Waals surface area contributed by atoms with Crippen LogP contribution in [0.2, 0.25) is 0 Å². The number of carbonyl (C=O) groups is 4. The van der Waals surface area contributed by atoms with Crippen molar-refractivity contribution in [2.24, 2.45) is 23.7 Å². The minimum absolute atomic E-state index is 0.102. The molecule has 0 aliphatic carbocycles. The van der Waals surface area contributed by atoms with Crippen LogP contribution in [0.5, 0.6) is 0 Å². The monoisotopic (exact) mass is 1200 g/mol. The summed E-state index contributed by atoms with van der Waals surface area (Å²) in [5, 5.41) is 10.5. The lowest BCUT2D eigenvalue weighted by Crippen LogP contribution is -2.30. The van der Waals surface area contributed by atoms with E-state index in [2.05, 4.69) is 55.4 Å². The SMILES string of the molecule is CCC(C)CCCCCCCCC(=O)OC[C@H](COP(=O)(O)OC[C@H](O)COP(=O)(O)OC[C@@H](COC(=O)CCCCCCCCC(C)CC)OC(=O)CCCCCCCCCC(C)C)OC(=O)CCCCCCCCCCC(C)C. The van der Waals surface area contributed by atoms with Gasteiger partial charge in [0, 0.05) is 25.7 Å². The van der Waals surface area contributed by atoms with E-state index in [4.69, 9.17) is 37.0 Å². The van der Waals surface area contributed by atoms with Crippen molar-refractivity contribution in [3.8, 4) is 0 Å². The Balaban J connectivity index is 5.27. The molecule has 0 aromatic heterocycles. The zero-order valence-corrected chi connectivity index (χ0v) is 54.2. The van der Waals surface area contributed by atoms with Gasteiger partial charge >= 0.3 is 39.5 Å². The Hall–Kier alpha value is -1.94. The standard InChI is InChI=1S/C62H120O17P2/c1-9-54(7)40-32-24-18-20-26-34-42-59(64)72-48-57(78-61(66)44-36-28-16-12-11-14-22-30-38-52(3)4)50-76-80(68,69)74-46-56(63)47-75-81(70,71)77-51-58(79-62(67)45-37-29-17-13-15-23-31-39-53(5)6)49-73-60(65)43-35-27-21-19-25-33-41-55(8)10-2/h52-58,63H,9-51H2,1-8H3,(H,68,69)(H,70,71)/t54?,55?,56-,57+,58+/m0/s1. The highest BCUT2D eigenvalue weighted by molar-refractivity contribution is 7.47. The van der Waals surface area contributed by atoms with Crippen LogP contribution in [0.25, 0.3) is 0 Å². The van der Waals surface area contributed by atoms with Gasteiger partial charge in [-0.05, 0) is 49.4 Å². The molecule has 0 radical (unpaired) electrons. The fourth-order valence-electron chi connectivity index (χ4n) is 9.01. The van der Waals surface area contributed by atoms with Crippen molar-refractivity contribution >= 4 is 39.5 Å². The number of hydrogen-bond donors (Lipinski definition) is 3. The molecule has 0 saturated carbocycles. The van der Waals surface area contributed by atoms with Crippen LogP contribution in [0.15, 0.2) is 0 Å². The smallest absolute Gasteiger partial charge is 0.462 e. The highest BCUT2D eigenvalue weighted by Gasteiger charge is 2.30. The van der Waals surface area contributed by atoms with Gasteiger partial charge in [-0.25, -0.2) is 9.13 Å². The lowest BCUT2D eigenvalue weighted by molar-refractivity contribution is -0.161. The number of ether oxygens (including phenoxy) is 4. The van der Waals surface area contributed by atoms with Crippen LogP contribution in [0, 0.1) is 23.7 Å². The maximum atomic E-state index is 12.9. The number of esters is 4. The molecule has 0 aliphatic rings. The maximum absolute atomic E-state index is 12.9. The average Bonchev–Trinajstić information content (AvgIpc) is 3.42. The van der Waals surface area contributed by atoms with Crippen molar-refractivity contribution < 1.29 is 80.2 Å². The van der Waals surface area contributed by atoms with E-state index < -0.39 is 97.5 Å². The van der Waals surface area contributed by atoms with Gasteiger partial charge in [0.1, 0.15) is 19.3 Å². The van der Waals surface area contributed by atoms with Crippen LogP contribution in [0.1, 0.15) is 293 Å². The Labute approximate surface area is 492 Å². The molecular weight excluding hydrogens is 1080 g/mol. The molecule has 7 atom stereocenters. The molecule has 0 spiro atoms.